The minimum Gasteiger partial charge on any atom is -0.378 e. The summed E-state index contributed by atoms with van der Waals surface area (Å²) in [5.74, 6) is 0.0555. The van der Waals surface area contributed by atoms with Crippen LogP contribution in [0.1, 0.15) is 39.0 Å². The number of hydrogen-bond acceptors (Lipinski definition) is 3. The molecule has 1 N–H and O–H groups in total. The normalized spacial score (nSPS) is 27.4. The van der Waals surface area contributed by atoms with Crippen LogP contribution in [0.15, 0.2) is 18.5 Å². The van der Waals surface area contributed by atoms with Gasteiger partial charge in [-0.2, -0.15) is 5.10 Å². The number of carbonyl (C=O) groups is 1. The first-order chi connectivity index (χ1) is 9.74. The van der Waals surface area contributed by atoms with Gasteiger partial charge >= 0.3 is 0 Å². The fourth-order valence-electron chi connectivity index (χ4n) is 3.87. The van der Waals surface area contributed by atoms with Crippen molar-refractivity contribution in [2.24, 2.45) is 5.41 Å². The van der Waals surface area contributed by atoms with Crippen molar-refractivity contribution in [1.82, 2.24) is 15.1 Å². The summed E-state index contributed by atoms with van der Waals surface area (Å²) >= 11 is 0. The van der Waals surface area contributed by atoms with Gasteiger partial charge in [0.15, 0.2) is 0 Å². The summed E-state index contributed by atoms with van der Waals surface area (Å²) in [6.07, 6.45) is 9.69. The zero-order chi connectivity index (χ0) is 14.0. The van der Waals surface area contributed by atoms with Crippen molar-refractivity contribution in [2.45, 2.75) is 57.7 Å². The molecule has 1 heterocycles. The zero-order valence-electron chi connectivity index (χ0n) is 12.0. The highest BCUT2D eigenvalue weighted by Crippen LogP contribution is 2.54. The van der Waals surface area contributed by atoms with Crippen LogP contribution in [0.25, 0.3) is 0 Å². The molecule has 0 bridgehead atoms. The average molecular weight is 277 g/mol. The van der Waals surface area contributed by atoms with E-state index in [0.29, 0.717) is 12.6 Å². The number of amides is 1. The molecule has 0 aromatic carbocycles. The fourth-order valence-corrected chi connectivity index (χ4v) is 3.87. The van der Waals surface area contributed by atoms with Crippen molar-refractivity contribution in [2.75, 3.05) is 6.61 Å². The van der Waals surface area contributed by atoms with Crippen molar-refractivity contribution < 1.29 is 9.53 Å². The Morgan fingerprint density at radius 3 is 2.95 bits per heavy atom. The third kappa shape index (κ3) is 2.35. The highest BCUT2D eigenvalue weighted by molar-refractivity contribution is 5.76. The maximum Gasteiger partial charge on any atom is 0.241 e. The molecule has 2 aliphatic rings. The first kappa shape index (κ1) is 13.6. The molecule has 5 heteroatoms. The maximum absolute atomic E-state index is 12.1. The highest BCUT2D eigenvalue weighted by Gasteiger charge is 2.57. The molecule has 1 aromatic heterocycles. The van der Waals surface area contributed by atoms with Crippen LogP contribution in [-0.2, 0) is 16.1 Å². The van der Waals surface area contributed by atoms with Gasteiger partial charge in [0.05, 0.1) is 6.10 Å². The molecule has 0 aliphatic heterocycles. The predicted molar refractivity (Wildman–Crippen MR) is 75.1 cm³/mol. The summed E-state index contributed by atoms with van der Waals surface area (Å²) in [4.78, 5) is 12.1. The van der Waals surface area contributed by atoms with E-state index in [-0.39, 0.29) is 17.4 Å². The number of aromatic nitrogens is 2. The van der Waals surface area contributed by atoms with E-state index in [2.05, 4.69) is 10.4 Å². The largest absolute Gasteiger partial charge is 0.378 e. The molecular formula is C15H23N3O2. The standard InChI is InChI=1S/C15H23N3O2/c1-2-20-13-10-12(15(13)6-3-4-7-15)17-14(19)11-18-9-5-8-16-18/h5,8-9,12-13H,2-4,6-7,10-11H2,1H3,(H,17,19)/t12-,13-/m0/s1. The summed E-state index contributed by atoms with van der Waals surface area (Å²) in [5, 5.41) is 7.27. The quantitative estimate of drug-likeness (QED) is 0.892. The van der Waals surface area contributed by atoms with Crippen LogP contribution in [0.3, 0.4) is 0 Å². The molecule has 2 saturated carbocycles. The summed E-state index contributed by atoms with van der Waals surface area (Å²) < 4.78 is 7.53. The Labute approximate surface area is 119 Å². The third-order valence-electron chi connectivity index (χ3n) is 4.89. The topological polar surface area (TPSA) is 56.1 Å². The number of carbonyl (C=O) groups excluding carboxylic acids is 1. The number of hydrogen-bond donors (Lipinski definition) is 1. The van der Waals surface area contributed by atoms with E-state index in [9.17, 15) is 4.79 Å². The lowest BCUT2D eigenvalue weighted by Gasteiger charge is -2.54. The minimum absolute atomic E-state index is 0.0555. The summed E-state index contributed by atoms with van der Waals surface area (Å²) in [6.45, 7) is 3.12. The highest BCUT2D eigenvalue weighted by atomic mass is 16.5. The van der Waals surface area contributed by atoms with Crippen molar-refractivity contribution in [3.63, 3.8) is 0 Å². The third-order valence-corrected chi connectivity index (χ3v) is 4.89. The summed E-state index contributed by atoms with van der Waals surface area (Å²) in [7, 11) is 0. The first-order valence-corrected chi connectivity index (χ1v) is 7.63. The lowest BCUT2D eigenvalue weighted by Crippen LogP contribution is -2.64. The van der Waals surface area contributed by atoms with Crippen molar-refractivity contribution in [3.05, 3.63) is 18.5 Å². The Morgan fingerprint density at radius 2 is 2.30 bits per heavy atom. The monoisotopic (exact) mass is 277 g/mol. The van der Waals surface area contributed by atoms with Crippen LogP contribution in [-0.4, -0.2) is 34.4 Å². The molecule has 0 unspecified atom stereocenters. The van der Waals surface area contributed by atoms with Crippen molar-refractivity contribution in [3.8, 4) is 0 Å². The van der Waals surface area contributed by atoms with Crippen LogP contribution in [0.2, 0.25) is 0 Å². The second kappa shape index (κ2) is 5.56. The smallest absolute Gasteiger partial charge is 0.241 e. The first-order valence-electron chi connectivity index (χ1n) is 7.63. The van der Waals surface area contributed by atoms with E-state index >= 15 is 0 Å². The molecule has 2 atom stereocenters. The Kier molecular flexibility index (Phi) is 3.78. The molecule has 20 heavy (non-hydrogen) atoms. The molecule has 1 spiro atoms. The van der Waals surface area contributed by atoms with Gasteiger partial charge in [-0.25, -0.2) is 0 Å². The van der Waals surface area contributed by atoms with Gasteiger partial charge in [-0.15, -0.1) is 0 Å². The lowest BCUT2D eigenvalue weighted by molar-refractivity contribution is -0.144. The number of rotatable bonds is 5. The molecule has 0 radical (unpaired) electrons. The van der Waals surface area contributed by atoms with Gasteiger partial charge in [-0.1, -0.05) is 12.8 Å². The van der Waals surface area contributed by atoms with Gasteiger partial charge in [0, 0.05) is 30.5 Å². The Bertz CT molecular complexity index is 452. The van der Waals surface area contributed by atoms with E-state index < -0.39 is 0 Å². The Balaban J connectivity index is 1.59. The van der Waals surface area contributed by atoms with E-state index in [1.54, 1.807) is 10.9 Å². The van der Waals surface area contributed by atoms with Gasteiger partial charge in [-0.3, -0.25) is 9.48 Å². The Hall–Kier alpha value is -1.36. The fraction of sp³-hybridized carbons (Fsp3) is 0.733. The Morgan fingerprint density at radius 1 is 1.50 bits per heavy atom. The van der Waals surface area contributed by atoms with Crippen molar-refractivity contribution in [1.29, 1.82) is 0 Å². The molecular weight excluding hydrogens is 254 g/mol. The van der Waals surface area contributed by atoms with E-state index in [0.717, 1.165) is 13.0 Å². The average Bonchev–Trinajstić information content (AvgIpc) is 3.09. The number of nitrogens with one attached hydrogen (secondary N) is 1. The lowest BCUT2D eigenvalue weighted by atomic mass is 9.60. The molecule has 1 amide bonds. The number of ether oxygens (including phenoxy) is 1. The van der Waals surface area contributed by atoms with Crippen LogP contribution in [0.5, 0.6) is 0 Å². The van der Waals surface area contributed by atoms with Gasteiger partial charge < -0.3 is 10.1 Å². The van der Waals surface area contributed by atoms with Crippen LogP contribution in [0.4, 0.5) is 0 Å². The molecule has 2 aliphatic carbocycles. The van der Waals surface area contributed by atoms with E-state index in [1.807, 2.05) is 19.2 Å². The van der Waals surface area contributed by atoms with Crippen LogP contribution >= 0.6 is 0 Å². The predicted octanol–water partition coefficient (Wildman–Crippen LogP) is 1.74. The zero-order valence-corrected chi connectivity index (χ0v) is 12.0. The van der Waals surface area contributed by atoms with Gasteiger partial charge in [0.1, 0.15) is 6.54 Å². The summed E-state index contributed by atoms with van der Waals surface area (Å²) in [6, 6.07) is 2.12. The number of nitrogens with zero attached hydrogens (tertiary/aromatic N) is 2. The molecule has 2 fully saturated rings. The minimum atomic E-state index is 0.0555. The molecule has 1 aromatic rings. The maximum atomic E-state index is 12.1. The van der Waals surface area contributed by atoms with Crippen molar-refractivity contribution >= 4 is 5.91 Å². The second-order valence-electron chi connectivity index (χ2n) is 5.94. The van der Waals surface area contributed by atoms with E-state index in [1.165, 1.54) is 25.7 Å². The molecule has 3 rings (SSSR count). The van der Waals surface area contributed by atoms with Gasteiger partial charge in [0.25, 0.3) is 0 Å². The van der Waals surface area contributed by atoms with Crippen LogP contribution < -0.4 is 5.32 Å². The summed E-state index contributed by atoms with van der Waals surface area (Å²) in [5.41, 5.74) is 0.204. The SMILES string of the molecule is CCO[C@H]1C[C@H](NC(=O)Cn2cccn2)C12CCCC2. The van der Waals surface area contributed by atoms with Gasteiger partial charge in [0.2, 0.25) is 5.91 Å². The molecule has 110 valence electrons. The van der Waals surface area contributed by atoms with Gasteiger partial charge in [-0.05, 0) is 32.3 Å². The second-order valence-corrected chi connectivity index (χ2v) is 5.94. The molecule has 5 nitrogen and oxygen atoms in total. The van der Waals surface area contributed by atoms with E-state index in [4.69, 9.17) is 4.74 Å². The van der Waals surface area contributed by atoms with Crippen LogP contribution in [0, 0.1) is 5.41 Å². The molecule has 0 saturated heterocycles.